The minimum Gasteiger partial charge on any atom is -0.351 e. The van der Waals surface area contributed by atoms with Crippen LogP contribution in [0.3, 0.4) is 0 Å². The number of hydrogen-bond acceptors (Lipinski definition) is 4. The van der Waals surface area contributed by atoms with Gasteiger partial charge in [0.25, 0.3) is 0 Å². The summed E-state index contributed by atoms with van der Waals surface area (Å²) in [5.41, 5.74) is 0. The van der Waals surface area contributed by atoms with Crippen molar-refractivity contribution in [1.82, 2.24) is 0 Å². The monoisotopic (exact) mass is 296 g/mol. The van der Waals surface area contributed by atoms with E-state index in [1.54, 1.807) is 0 Å². The van der Waals surface area contributed by atoms with Crippen LogP contribution in [0.1, 0.15) is 53.4 Å². The zero-order valence-corrected chi connectivity index (χ0v) is 12.8. The maximum Gasteiger partial charge on any atom is 0.679 e. The SMILES string of the molecule is CCCO[Si](OCCC)(OCCC)OCCC.[SiH4]. The molecule has 4 nitrogen and oxygen atoms in total. The lowest BCUT2D eigenvalue weighted by atomic mass is 10.5. The quantitative estimate of drug-likeness (QED) is 0.514. The van der Waals surface area contributed by atoms with E-state index in [9.17, 15) is 0 Å². The summed E-state index contributed by atoms with van der Waals surface area (Å²) in [5, 5.41) is 0. The Kier molecular flexibility index (Phi) is 15.7. The fraction of sp³-hybridized carbons (Fsp3) is 1.00. The van der Waals surface area contributed by atoms with Crippen molar-refractivity contribution in [3.63, 3.8) is 0 Å². The zero-order valence-electron chi connectivity index (χ0n) is 11.8. The Balaban J connectivity index is 0. The molecule has 0 bridgehead atoms. The van der Waals surface area contributed by atoms with Crippen LogP contribution in [-0.4, -0.2) is 46.4 Å². The molecule has 0 spiro atoms. The Morgan fingerprint density at radius 1 is 0.556 bits per heavy atom. The molecule has 0 aromatic rings. The van der Waals surface area contributed by atoms with Crippen LogP contribution in [-0.2, 0) is 17.7 Å². The third kappa shape index (κ3) is 9.24. The first kappa shape index (κ1) is 20.6. The Hall–Kier alpha value is 0.274. The van der Waals surface area contributed by atoms with Gasteiger partial charge in [-0.05, 0) is 36.6 Å². The summed E-state index contributed by atoms with van der Waals surface area (Å²) >= 11 is 0. The summed E-state index contributed by atoms with van der Waals surface area (Å²) in [5.74, 6) is 0. The van der Waals surface area contributed by atoms with Gasteiger partial charge in [0, 0.05) is 26.4 Å². The first-order valence-electron chi connectivity index (χ1n) is 6.80. The first-order valence-corrected chi connectivity index (χ1v) is 8.43. The molecule has 0 fully saturated rings. The lowest BCUT2D eigenvalue weighted by Crippen LogP contribution is -2.50. The van der Waals surface area contributed by atoms with Gasteiger partial charge in [-0.25, -0.2) is 0 Å². The minimum absolute atomic E-state index is 0. The highest BCUT2D eigenvalue weighted by atomic mass is 28.4. The molecule has 112 valence electrons. The van der Waals surface area contributed by atoms with E-state index >= 15 is 0 Å². The van der Waals surface area contributed by atoms with Crippen LogP contribution < -0.4 is 0 Å². The molecule has 0 unspecified atom stereocenters. The first-order chi connectivity index (χ1) is 8.24. The second-order valence-electron chi connectivity index (χ2n) is 3.89. The van der Waals surface area contributed by atoms with Crippen LogP contribution in [0.5, 0.6) is 0 Å². The Morgan fingerprint density at radius 3 is 0.944 bits per heavy atom. The van der Waals surface area contributed by atoms with Gasteiger partial charge in [0.15, 0.2) is 0 Å². The van der Waals surface area contributed by atoms with Gasteiger partial charge in [0.1, 0.15) is 0 Å². The number of rotatable bonds is 12. The van der Waals surface area contributed by atoms with Crippen molar-refractivity contribution >= 4 is 20.0 Å². The molecule has 0 heterocycles. The molecule has 0 saturated heterocycles. The molecule has 0 radical (unpaired) electrons. The van der Waals surface area contributed by atoms with E-state index in [1.807, 2.05) is 0 Å². The Labute approximate surface area is 118 Å². The van der Waals surface area contributed by atoms with Gasteiger partial charge in [-0.1, -0.05) is 27.7 Å². The van der Waals surface area contributed by atoms with Gasteiger partial charge in [0.2, 0.25) is 0 Å². The summed E-state index contributed by atoms with van der Waals surface area (Å²) in [6.45, 7) is 10.8. The standard InChI is InChI=1S/C12H28O4Si.H4Si/c1-5-9-13-17(14-10-6-2,15-11-7-3)16-12-8-4;/h5-12H2,1-4H3;1H4. The maximum atomic E-state index is 5.76. The van der Waals surface area contributed by atoms with E-state index in [2.05, 4.69) is 27.7 Å². The average molecular weight is 297 g/mol. The van der Waals surface area contributed by atoms with Gasteiger partial charge >= 0.3 is 9.05 Å². The average Bonchev–Trinajstić information content (AvgIpc) is 2.37. The largest absolute Gasteiger partial charge is 0.679 e. The van der Waals surface area contributed by atoms with Crippen molar-refractivity contribution in [2.45, 2.75) is 53.4 Å². The van der Waals surface area contributed by atoms with Crippen molar-refractivity contribution in [3.8, 4) is 0 Å². The van der Waals surface area contributed by atoms with E-state index in [0.717, 1.165) is 25.7 Å². The molecule has 0 aromatic heterocycles. The van der Waals surface area contributed by atoms with Crippen LogP contribution in [0.15, 0.2) is 0 Å². The number of hydrogen-bond donors (Lipinski definition) is 0. The fourth-order valence-corrected chi connectivity index (χ4v) is 3.47. The molecule has 0 N–H and O–H groups in total. The normalized spacial score (nSPS) is 11.3. The molecule has 0 atom stereocenters. The summed E-state index contributed by atoms with van der Waals surface area (Å²) in [6, 6.07) is 0. The topological polar surface area (TPSA) is 36.9 Å². The summed E-state index contributed by atoms with van der Waals surface area (Å²) < 4.78 is 23.0. The molecule has 0 amide bonds. The third-order valence-corrected chi connectivity index (χ3v) is 4.16. The van der Waals surface area contributed by atoms with Crippen molar-refractivity contribution in [3.05, 3.63) is 0 Å². The van der Waals surface area contributed by atoms with E-state index in [1.165, 1.54) is 0 Å². The van der Waals surface area contributed by atoms with Crippen LogP contribution in [0.25, 0.3) is 0 Å². The molecule has 0 aliphatic rings. The predicted octanol–water partition coefficient (Wildman–Crippen LogP) is 1.68. The van der Waals surface area contributed by atoms with Gasteiger partial charge in [-0.15, -0.1) is 0 Å². The summed E-state index contributed by atoms with van der Waals surface area (Å²) in [7, 11) is -2.88. The summed E-state index contributed by atoms with van der Waals surface area (Å²) in [6.07, 6.45) is 3.76. The smallest absolute Gasteiger partial charge is 0.351 e. The Morgan fingerprint density at radius 2 is 0.778 bits per heavy atom. The maximum absolute atomic E-state index is 5.76. The van der Waals surface area contributed by atoms with Crippen LogP contribution in [0.2, 0.25) is 0 Å². The summed E-state index contributed by atoms with van der Waals surface area (Å²) in [4.78, 5) is 0. The van der Waals surface area contributed by atoms with E-state index in [-0.39, 0.29) is 11.0 Å². The van der Waals surface area contributed by atoms with Crippen molar-refractivity contribution < 1.29 is 17.7 Å². The molecular weight excluding hydrogens is 264 g/mol. The van der Waals surface area contributed by atoms with Crippen molar-refractivity contribution in [2.75, 3.05) is 26.4 Å². The molecular formula is C12H32O4Si2. The zero-order chi connectivity index (χ0) is 13.0. The van der Waals surface area contributed by atoms with Crippen molar-refractivity contribution in [1.29, 1.82) is 0 Å². The third-order valence-electron chi connectivity index (χ3n) is 1.93. The van der Waals surface area contributed by atoms with E-state index in [0.29, 0.717) is 26.4 Å². The lowest BCUT2D eigenvalue weighted by molar-refractivity contribution is -0.0347. The van der Waals surface area contributed by atoms with Crippen LogP contribution in [0, 0.1) is 0 Å². The molecule has 6 heteroatoms. The Bertz CT molecular complexity index is 133. The second kappa shape index (κ2) is 13.7. The lowest BCUT2D eigenvalue weighted by Gasteiger charge is -2.27. The van der Waals surface area contributed by atoms with Gasteiger partial charge < -0.3 is 17.7 Å². The highest BCUT2D eigenvalue weighted by molar-refractivity contribution is 6.53. The minimum atomic E-state index is -2.88. The van der Waals surface area contributed by atoms with Crippen LogP contribution in [0.4, 0.5) is 0 Å². The molecule has 0 aliphatic heterocycles. The van der Waals surface area contributed by atoms with Gasteiger partial charge in [-0.3, -0.25) is 0 Å². The van der Waals surface area contributed by atoms with E-state index in [4.69, 9.17) is 17.7 Å². The van der Waals surface area contributed by atoms with Crippen molar-refractivity contribution in [2.24, 2.45) is 0 Å². The molecule has 0 rings (SSSR count). The molecule has 18 heavy (non-hydrogen) atoms. The van der Waals surface area contributed by atoms with Gasteiger partial charge in [0.05, 0.1) is 0 Å². The fourth-order valence-electron chi connectivity index (χ4n) is 1.16. The molecule has 0 saturated carbocycles. The van der Waals surface area contributed by atoms with E-state index < -0.39 is 9.05 Å². The highest BCUT2D eigenvalue weighted by Crippen LogP contribution is 2.14. The predicted molar refractivity (Wildman–Crippen MR) is 82.1 cm³/mol. The molecule has 0 aliphatic carbocycles. The van der Waals surface area contributed by atoms with Gasteiger partial charge in [-0.2, -0.15) is 0 Å². The molecule has 0 aromatic carbocycles. The second-order valence-corrected chi connectivity index (χ2v) is 6.05. The van der Waals surface area contributed by atoms with Crippen LogP contribution >= 0.6 is 0 Å². The highest BCUT2D eigenvalue weighted by Gasteiger charge is 2.45.